The molecule has 0 fully saturated rings. The highest BCUT2D eigenvalue weighted by Crippen LogP contribution is 2.10. The van der Waals surface area contributed by atoms with Crippen molar-refractivity contribution in [2.45, 2.75) is 17.9 Å². The van der Waals surface area contributed by atoms with Crippen molar-refractivity contribution in [1.82, 2.24) is 20.7 Å². The highest BCUT2D eigenvalue weighted by Gasteiger charge is 2.10. The summed E-state index contributed by atoms with van der Waals surface area (Å²) in [5.74, 6) is 0.533. The van der Waals surface area contributed by atoms with Gasteiger partial charge in [-0.25, -0.2) is 13.1 Å². The standard InChI is InChI=1S/C20H27N5O3S/c1-21-19(26)17-6-4-5-15(13-17)11-12-24-20(22-2)25-14-16-7-9-18(10-8-16)29(27,28)23-3/h4-10,13,23H,11-12,14H2,1-3H3,(H,21,26)(H2,22,24,25). The zero-order valence-corrected chi connectivity index (χ0v) is 17.6. The van der Waals surface area contributed by atoms with E-state index >= 15 is 0 Å². The minimum atomic E-state index is -3.43. The van der Waals surface area contributed by atoms with Crippen molar-refractivity contribution in [3.63, 3.8) is 0 Å². The van der Waals surface area contributed by atoms with Crippen LogP contribution in [-0.2, 0) is 23.0 Å². The van der Waals surface area contributed by atoms with Gasteiger partial charge in [0.2, 0.25) is 10.0 Å². The van der Waals surface area contributed by atoms with Crippen LogP contribution in [0.5, 0.6) is 0 Å². The Hall–Kier alpha value is -2.91. The Morgan fingerprint density at radius 1 is 1.00 bits per heavy atom. The molecule has 29 heavy (non-hydrogen) atoms. The van der Waals surface area contributed by atoms with E-state index in [0.29, 0.717) is 24.6 Å². The molecular formula is C20H27N5O3S. The van der Waals surface area contributed by atoms with E-state index in [2.05, 4.69) is 25.7 Å². The molecule has 156 valence electrons. The maximum absolute atomic E-state index is 11.8. The lowest BCUT2D eigenvalue weighted by Crippen LogP contribution is -2.37. The zero-order chi connectivity index (χ0) is 21.3. The smallest absolute Gasteiger partial charge is 0.251 e. The van der Waals surface area contributed by atoms with Crippen LogP contribution in [0.1, 0.15) is 21.5 Å². The number of guanidine groups is 1. The van der Waals surface area contributed by atoms with E-state index in [9.17, 15) is 13.2 Å². The van der Waals surface area contributed by atoms with Crippen molar-refractivity contribution in [2.24, 2.45) is 4.99 Å². The first-order chi connectivity index (χ1) is 13.9. The number of carbonyl (C=O) groups is 1. The topological polar surface area (TPSA) is 112 Å². The summed E-state index contributed by atoms with van der Waals surface area (Å²) in [5.41, 5.74) is 2.62. The minimum Gasteiger partial charge on any atom is -0.356 e. The summed E-state index contributed by atoms with van der Waals surface area (Å²) >= 11 is 0. The molecule has 0 aliphatic rings. The third-order valence-electron chi connectivity index (χ3n) is 4.31. The molecule has 2 rings (SSSR count). The summed E-state index contributed by atoms with van der Waals surface area (Å²) in [6.07, 6.45) is 0.738. The number of benzene rings is 2. The van der Waals surface area contributed by atoms with Crippen molar-refractivity contribution in [3.05, 3.63) is 65.2 Å². The van der Waals surface area contributed by atoms with Gasteiger partial charge in [-0.1, -0.05) is 24.3 Å². The van der Waals surface area contributed by atoms with Gasteiger partial charge in [0.25, 0.3) is 5.91 Å². The Balaban J connectivity index is 1.85. The second-order valence-electron chi connectivity index (χ2n) is 6.23. The number of nitrogens with one attached hydrogen (secondary N) is 4. The molecule has 0 radical (unpaired) electrons. The van der Waals surface area contributed by atoms with Gasteiger partial charge in [-0.3, -0.25) is 9.79 Å². The summed E-state index contributed by atoms with van der Waals surface area (Å²) in [7, 11) is 1.25. The minimum absolute atomic E-state index is 0.106. The molecule has 0 aliphatic carbocycles. The van der Waals surface area contributed by atoms with Crippen LogP contribution < -0.4 is 20.7 Å². The number of hydrogen-bond acceptors (Lipinski definition) is 4. The van der Waals surface area contributed by atoms with Crippen molar-refractivity contribution in [3.8, 4) is 0 Å². The summed E-state index contributed by atoms with van der Waals surface area (Å²) in [6, 6.07) is 14.2. The maximum Gasteiger partial charge on any atom is 0.251 e. The molecule has 0 unspecified atom stereocenters. The molecule has 2 aromatic carbocycles. The number of amides is 1. The number of nitrogens with zero attached hydrogens (tertiary/aromatic N) is 1. The van der Waals surface area contributed by atoms with Gasteiger partial charge in [-0.15, -0.1) is 0 Å². The van der Waals surface area contributed by atoms with Crippen molar-refractivity contribution >= 4 is 21.9 Å². The first kappa shape index (κ1) is 22.4. The Bertz CT molecular complexity index is 956. The predicted octanol–water partition coefficient (Wildman–Crippen LogP) is 0.862. The Kier molecular flexibility index (Phi) is 8.17. The van der Waals surface area contributed by atoms with Crippen molar-refractivity contribution in [1.29, 1.82) is 0 Å². The molecule has 0 bridgehead atoms. The molecule has 8 nitrogen and oxygen atoms in total. The number of hydrogen-bond donors (Lipinski definition) is 4. The van der Waals surface area contributed by atoms with E-state index in [-0.39, 0.29) is 10.8 Å². The molecule has 0 aliphatic heterocycles. The molecule has 0 aromatic heterocycles. The molecule has 0 saturated carbocycles. The fraction of sp³-hybridized carbons (Fsp3) is 0.300. The summed E-state index contributed by atoms with van der Waals surface area (Å²) in [6.45, 7) is 1.15. The highest BCUT2D eigenvalue weighted by molar-refractivity contribution is 7.89. The summed E-state index contributed by atoms with van der Waals surface area (Å²) in [5, 5.41) is 9.04. The van der Waals surface area contributed by atoms with E-state index in [1.54, 1.807) is 44.4 Å². The van der Waals surface area contributed by atoms with Crippen LogP contribution in [0.3, 0.4) is 0 Å². The van der Waals surface area contributed by atoms with Crippen LogP contribution in [0, 0.1) is 0 Å². The quantitative estimate of drug-likeness (QED) is 0.376. The highest BCUT2D eigenvalue weighted by atomic mass is 32.2. The van der Waals surface area contributed by atoms with Gasteiger partial charge >= 0.3 is 0 Å². The van der Waals surface area contributed by atoms with Crippen molar-refractivity contribution in [2.75, 3.05) is 27.7 Å². The molecule has 0 atom stereocenters. The average Bonchev–Trinajstić information content (AvgIpc) is 2.76. The van der Waals surface area contributed by atoms with E-state index in [0.717, 1.165) is 17.5 Å². The van der Waals surface area contributed by atoms with E-state index in [1.165, 1.54) is 7.05 Å². The molecule has 2 aromatic rings. The maximum atomic E-state index is 11.8. The molecule has 9 heteroatoms. The van der Waals surface area contributed by atoms with Crippen LogP contribution in [-0.4, -0.2) is 48.0 Å². The van der Waals surface area contributed by atoms with Crippen LogP contribution in [0.2, 0.25) is 0 Å². The molecule has 0 heterocycles. The number of sulfonamides is 1. The molecule has 1 amide bonds. The van der Waals surface area contributed by atoms with Gasteiger partial charge in [0.05, 0.1) is 4.90 Å². The van der Waals surface area contributed by atoms with Gasteiger partial charge < -0.3 is 16.0 Å². The second kappa shape index (κ2) is 10.6. The fourth-order valence-electron chi connectivity index (χ4n) is 2.65. The van der Waals surface area contributed by atoms with E-state index in [4.69, 9.17) is 0 Å². The van der Waals surface area contributed by atoms with Crippen LogP contribution in [0.15, 0.2) is 58.4 Å². The van der Waals surface area contributed by atoms with Gasteiger partial charge in [-0.05, 0) is 48.9 Å². The Morgan fingerprint density at radius 3 is 2.34 bits per heavy atom. The molecule has 4 N–H and O–H groups in total. The number of rotatable bonds is 8. The van der Waals surface area contributed by atoms with Gasteiger partial charge in [-0.2, -0.15) is 0 Å². The third-order valence-corrected chi connectivity index (χ3v) is 5.74. The van der Waals surface area contributed by atoms with Crippen LogP contribution in [0.25, 0.3) is 0 Å². The molecular weight excluding hydrogens is 390 g/mol. The zero-order valence-electron chi connectivity index (χ0n) is 16.8. The van der Waals surface area contributed by atoms with Crippen LogP contribution in [0.4, 0.5) is 0 Å². The monoisotopic (exact) mass is 417 g/mol. The fourth-order valence-corrected chi connectivity index (χ4v) is 3.38. The second-order valence-corrected chi connectivity index (χ2v) is 8.12. The third kappa shape index (κ3) is 6.58. The van der Waals surface area contributed by atoms with Gasteiger partial charge in [0.1, 0.15) is 0 Å². The Labute approximate surface area is 171 Å². The van der Waals surface area contributed by atoms with E-state index < -0.39 is 10.0 Å². The van der Waals surface area contributed by atoms with Crippen LogP contribution >= 0.6 is 0 Å². The first-order valence-electron chi connectivity index (χ1n) is 9.17. The largest absolute Gasteiger partial charge is 0.356 e. The molecule has 0 spiro atoms. The van der Waals surface area contributed by atoms with Crippen molar-refractivity contribution < 1.29 is 13.2 Å². The lowest BCUT2D eigenvalue weighted by molar-refractivity contribution is 0.0963. The lowest BCUT2D eigenvalue weighted by atomic mass is 10.1. The normalized spacial score (nSPS) is 11.8. The summed E-state index contributed by atoms with van der Waals surface area (Å²) < 4.78 is 25.8. The van der Waals surface area contributed by atoms with Gasteiger partial charge in [0, 0.05) is 32.7 Å². The summed E-state index contributed by atoms with van der Waals surface area (Å²) in [4.78, 5) is 16.1. The number of carbonyl (C=O) groups excluding carboxylic acids is 1. The van der Waals surface area contributed by atoms with E-state index in [1.807, 2.05) is 18.2 Å². The Morgan fingerprint density at radius 2 is 1.72 bits per heavy atom. The predicted molar refractivity (Wildman–Crippen MR) is 114 cm³/mol. The van der Waals surface area contributed by atoms with Gasteiger partial charge in [0.15, 0.2) is 5.96 Å². The SMILES string of the molecule is CN=C(NCCc1cccc(C(=O)NC)c1)NCc1ccc(S(=O)(=O)NC)cc1. The average molecular weight is 418 g/mol. The number of aliphatic imine (C=N–C) groups is 1. The molecule has 0 saturated heterocycles. The lowest BCUT2D eigenvalue weighted by Gasteiger charge is -2.12. The first-order valence-corrected chi connectivity index (χ1v) is 10.7.